The minimum absolute atomic E-state index is 0.0396. The molecule has 18 heavy (non-hydrogen) atoms. The van der Waals surface area contributed by atoms with E-state index in [4.69, 9.17) is 4.42 Å². The highest BCUT2D eigenvalue weighted by Gasteiger charge is 2.30. The van der Waals surface area contributed by atoms with Crippen LogP contribution >= 0.6 is 0 Å². The van der Waals surface area contributed by atoms with Gasteiger partial charge in [0, 0.05) is 27.2 Å². The second kappa shape index (κ2) is 4.74. The Morgan fingerprint density at radius 1 is 1.28 bits per heavy atom. The number of amides is 1. The predicted molar refractivity (Wildman–Crippen MR) is 64.7 cm³/mol. The molecule has 0 radical (unpaired) electrons. The zero-order valence-electron chi connectivity index (χ0n) is 10.4. The Kier molecular flexibility index (Phi) is 3.45. The number of hydrogen-bond donors (Lipinski definition) is 0. The lowest BCUT2D eigenvalue weighted by molar-refractivity contribution is 0.0791. The van der Waals surface area contributed by atoms with Gasteiger partial charge in [-0.25, -0.2) is 8.42 Å². The lowest BCUT2D eigenvalue weighted by Gasteiger charge is -2.13. The van der Waals surface area contributed by atoms with Gasteiger partial charge in [-0.1, -0.05) is 0 Å². The van der Waals surface area contributed by atoms with Crippen LogP contribution in [0.25, 0.3) is 0 Å². The van der Waals surface area contributed by atoms with Crippen LogP contribution in [0, 0.1) is 0 Å². The molecule has 1 saturated heterocycles. The SMILES string of the molecule is CN(C)C(=O)c1ccc(S(=O)(=O)N2CCCC2)o1. The van der Waals surface area contributed by atoms with Crippen LogP contribution in [0.4, 0.5) is 0 Å². The number of carbonyl (C=O) groups is 1. The zero-order valence-corrected chi connectivity index (χ0v) is 11.2. The number of hydrogen-bond acceptors (Lipinski definition) is 4. The molecule has 1 aliphatic rings. The van der Waals surface area contributed by atoms with Crippen molar-refractivity contribution >= 4 is 15.9 Å². The summed E-state index contributed by atoms with van der Waals surface area (Å²) >= 11 is 0. The molecule has 1 amide bonds. The summed E-state index contributed by atoms with van der Waals surface area (Å²) in [5, 5.41) is -0.158. The number of sulfonamides is 1. The minimum Gasteiger partial charge on any atom is -0.438 e. The molecule has 0 aliphatic carbocycles. The lowest BCUT2D eigenvalue weighted by Crippen LogP contribution is -2.27. The Labute approximate surface area is 106 Å². The van der Waals surface area contributed by atoms with E-state index in [9.17, 15) is 13.2 Å². The summed E-state index contributed by atoms with van der Waals surface area (Å²) in [6, 6.07) is 2.73. The van der Waals surface area contributed by atoms with Crippen molar-refractivity contribution in [3.63, 3.8) is 0 Å². The van der Waals surface area contributed by atoms with Gasteiger partial charge in [0.2, 0.25) is 5.09 Å². The van der Waals surface area contributed by atoms with Gasteiger partial charge in [-0.2, -0.15) is 4.31 Å². The van der Waals surface area contributed by atoms with E-state index in [1.807, 2.05) is 0 Å². The largest absolute Gasteiger partial charge is 0.438 e. The minimum atomic E-state index is -3.58. The summed E-state index contributed by atoms with van der Waals surface area (Å²) < 4.78 is 30.8. The fourth-order valence-corrected chi connectivity index (χ4v) is 3.28. The van der Waals surface area contributed by atoms with Gasteiger partial charge in [0.05, 0.1) is 0 Å². The number of rotatable bonds is 3. The first-order valence-corrected chi connectivity index (χ1v) is 7.18. The van der Waals surface area contributed by atoms with E-state index < -0.39 is 10.0 Å². The molecule has 0 saturated carbocycles. The van der Waals surface area contributed by atoms with Crippen LogP contribution in [0.5, 0.6) is 0 Å². The molecular formula is C11H16N2O4S. The van der Waals surface area contributed by atoms with E-state index in [1.54, 1.807) is 14.1 Å². The summed E-state index contributed by atoms with van der Waals surface area (Å²) in [7, 11) is -0.415. The Bertz CT molecular complexity index is 541. The lowest BCUT2D eigenvalue weighted by atomic mass is 10.4. The van der Waals surface area contributed by atoms with Crippen molar-refractivity contribution in [1.82, 2.24) is 9.21 Å². The molecule has 1 aliphatic heterocycles. The molecular weight excluding hydrogens is 256 g/mol. The molecule has 0 atom stereocenters. The molecule has 0 N–H and O–H groups in total. The molecule has 2 heterocycles. The fraction of sp³-hybridized carbons (Fsp3) is 0.545. The van der Waals surface area contributed by atoms with E-state index in [2.05, 4.69) is 0 Å². The maximum atomic E-state index is 12.1. The van der Waals surface area contributed by atoms with Crippen molar-refractivity contribution in [2.45, 2.75) is 17.9 Å². The highest BCUT2D eigenvalue weighted by atomic mass is 32.2. The van der Waals surface area contributed by atoms with Crippen LogP contribution in [0.1, 0.15) is 23.4 Å². The first-order chi connectivity index (χ1) is 8.43. The van der Waals surface area contributed by atoms with E-state index in [1.165, 1.54) is 21.3 Å². The number of carbonyl (C=O) groups excluding carboxylic acids is 1. The molecule has 0 bridgehead atoms. The molecule has 0 spiro atoms. The van der Waals surface area contributed by atoms with Gasteiger partial charge in [0.15, 0.2) is 5.76 Å². The Hall–Kier alpha value is -1.34. The molecule has 100 valence electrons. The summed E-state index contributed by atoms with van der Waals surface area (Å²) in [4.78, 5) is 13.0. The summed E-state index contributed by atoms with van der Waals surface area (Å²) in [6.45, 7) is 1.03. The highest BCUT2D eigenvalue weighted by molar-refractivity contribution is 7.89. The van der Waals surface area contributed by atoms with Crippen molar-refractivity contribution in [3.05, 3.63) is 17.9 Å². The smallest absolute Gasteiger partial charge is 0.289 e. The van der Waals surface area contributed by atoms with Gasteiger partial charge in [-0.05, 0) is 25.0 Å². The van der Waals surface area contributed by atoms with Crippen LogP contribution in [-0.2, 0) is 10.0 Å². The monoisotopic (exact) mass is 272 g/mol. The molecule has 0 unspecified atom stereocenters. The third kappa shape index (κ3) is 2.28. The van der Waals surface area contributed by atoms with E-state index in [0.29, 0.717) is 13.1 Å². The summed E-state index contributed by atoms with van der Waals surface area (Å²) in [5.74, 6) is -0.310. The molecule has 0 aromatic carbocycles. The average molecular weight is 272 g/mol. The number of furan rings is 1. The standard InChI is InChI=1S/C11H16N2O4S/c1-12(2)11(14)9-5-6-10(17-9)18(15,16)13-7-3-4-8-13/h5-6H,3-4,7-8H2,1-2H3. The predicted octanol–water partition coefficient (Wildman–Crippen LogP) is 0.766. The molecule has 1 aromatic heterocycles. The van der Waals surface area contributed by atoms with Gasteiger partial charge in [-0.15, -0.1) is 0 Å². The van der Waals surface area contributed by atoms with Gasteiger partial charge >= 0.3 is 0 Å². The maximum Gasteiger partial charge on any atom is 0.289 e. The molecule has 2 rings (SSSR count). The normalized spacial score (nSPS) is 17.0. The van der Waals surface area contributed by atoms with E-state index >= 15 is 0 Å². The second-order valence-corrected chi connectivity index (χ2v) is 6.30. The van der Waals surface area contributed by atoms with Gasteiger partial charge in [-0.3, -0.25) is 4.79 Å². The average Bonchev–Trinajstić information content (AvgIpc) is 2.99. The number of nitrogens with zero attached hydrogens (tertiary/aromatic N) is 2. The van der Waals surface area contributed by atoms with Crippen LogP contribution < -0.4 is 0 Å². The van der Waals surface area contributed by atoms with Gasteiger partial charge in [0.1, 0.15) is 0 Å². The zero-order chi connectivity index (χ0) is 13.3. The van der Waals surface area contributed by atoms with Gasteiger partial charge in [0.25, 0.3) is 15.9 Å². The van der Waals surface area contributed by atoms with Crippen molar-refractivity contribution in [2.24, 2.45) is 0 Å². The first kappa shape index (κ1) is 13.1. The summed E-state index contributed by atoms with van der Waals surface area (Å²) in [6.07, 6.45) is 1.73. The van der Waals surface area contributed by atoms with Crippen LogP contribution in [-0.4, -0.2) is 50.7 Å². The third-order valence-corrected chi connectivity index (χ3v) is 4.63. The second-order valence-electron chi connectivity index (χ2n) is 4.43. The van der Waals surface area contributed by atoms with Crippen molar-refractivity contribution in [3.8, 4) is 0 Å². The maximum absolute atomic E-state index is 12.1. The van der Waals surface area contributed by atoms with Crippen LogP contribution in [0.15, 0.2) is 21.6 Å². The van der Waals surface area contributed by atoms with Crippen LogP contribution in [0.2, 0.25) is 0 Å². The molecule has 1 fully saturated rings. The van der Waals surface area contributed by atoms with Crippen molar-refractivity contribution < 1.29 is 17.6 Å². The quantitative estimate of drug-likeness (QED) is 0.814. The first-order valence-electron chi connectivity index (χ1n) is 5.74. The van der Waals surface area contributed by atoms with Gasteiger partial charge < -0.3 is 9.32 Å². The summed E-state index contributed by atoms with van der Waals surface area (Å²) in [5.41, 5.74) is 0. The molecule has 1 aromatic rings. The Morgan fingerprint density at radius 2 is 1.89 bits per heavy atom. The molecule has 6 nitrogen and oxygen atoms in total. The molecule has 7 heteroatoms. The highest BCUT2D eigenvalue weighted by Crippen LogP contribution is 2.22. The Morgan fingerprint density at radius 3 is 2.44 bits per heavy atom. The third-order valence-electron chi connectivity index (χ3n) is 2.86. The van der Waals surface area contributed by atoms with E-state index in [0.717, 1.165) is 12.8 Å². The van der Waals surface area contributed by atoms with Crippen molar-refractivity contribution in [1.29, 1.82) is 0 Å². The fourth-order valence-electron chi connectivity index (χ4n) is 1.85. The Balaban J connectivity index is 2.27. The van der Waals surface area contributed by atoms with Crippen molar-refractivity contribution in [2.75, 3.05) is 27.2 Å². The van der Waals surface area contributed by atoms with Crippen LogP contribution in [0.3, 0.4) is 0 Å². The van der Waals surface area contributed by atoms with E-state index in [-0.39, 0.29) is 16.8 Å². The topological polar surface area (TPSA) is 70.8 Å².